The van der Waals surface area contributed by atoms with Crippen molar-refractivity contribution in [2.75, 3.05) is 0 Å². The largest absolute Gasteiger partial charge is 0.392 e. The molecular formula is C10H14O2. The quantitative estimate of drug-likeness (QED) is 0.591. The molecule has 1 unspecified atom stereocenters. The summed E-state index contributed by atoms with van der Waals surface area (Å²) in [4.78, 5) is 11.1. The maximum absolute atomic E-state index is 11.1. The number of aliphatic hydroxyl groups is 1. The van der Waals surface area contributed by atoms with E-state index < -0.39 is 0 Å². The molecule has 2 rings (SSSR count). The van der Waals surface area contributed by atoms with Crippen LogP contribution in [0.1, 0.15) is 32.6 Å². The van der Waals surface area contributed by atoms with Crippen LogP contribution >= 0.6 is 0 Å². The van der Waals surface area contributed by atoms with Crippen LogP contribution in [0.4, 0.5) is 0 Å². The highest BCUT2D eigenvalue weighted by Gasteiger charge is 2.43. The van der Waals surface area contributed by atoms with Gasteiger partial charge in [0.15, 0.2) is 5.78 Å². The van der Waals surface area contributed by atoms with E-state index in [-0.39, 0.29) is 17.3 Å². The van der Waals surface area contributed by atoms with Crippen molar-refractivity contribution in [3.63, 3.8) is 0 Å². The van der Waals surface area contributed by atoms with Gasteiger partial charge in [-0.3, -0.25) is 4.79 Å². The maximum Gasteiger partial charge on any atom is 0.155 e. The Hall–Kier alpha value is -0.630. The fourth-order valence-electron chi connectivity index (χ4n) is 2.32. The van der Waals surface area contributed by atoms with Gasteiger partial charge in [0.05, 0.1) is 6.10 Å². The van der Waals surface area contributed by atoms with Gasteiger partial charge in [0, 0.05) is 11.8 Å². The standard InChI is InChI=1S/C10H14O2/c1-10-5-4-8(11)6-7(10)2-3-9(10)12/h6,9,12H,2-5H2,1H3/t9-,10?/m0/s1. The molecule has 1 saturated carbocycles. The van der Waals surface area contributed by atoms with Gasteiger partial charge in [-0.1, -0.05) is 12.5 Å². The molecule has 0 saturated heterocycles. The number of rotatable bonds is 0. The molecule has 2 atom stereocenters. The Morgan fingerprint density at radius 1 is 1.58 bits per heavy atom. The van der Waals surface area contributed by atoms with Crippen LogP contribution in [0.15, 0.2) is 11.6 Å². The molecule has 0 radical (unpaired) electrons. The van der Waals surface area contributed by atoms with Gasteiger partial charge < -0.3 is 5.11 Å². The minimum Gasteiger partial charge on any atom is -0.392 e. The van der Waals surface area contributed by atoms with Crippen LogP contribution in [0.2, 0.25) is 0 Å². The minimum absolute atomic E-state index is 0.0755. The molecule has 2 aliphatic carbocycles. The molecule has 12 heavy (non-hydrogen) atoms. The number of aliphatic hydroxyl groups excluding tert-OH is 1. The number of allylic oxidation sites excluding steroid dienone is 1. The van der Waals surface area contributed by atoms with Gasteiger partial charge in [0.25, 0.3) is 0 Å². The van der Waals surface area contributed by atoms with Gasteiger partial charge in [0.1, 0.15) is 0 Å². The molecule has 0 heterocycles. The molecule has 0 amide bonds. The zero-order valence-corrected chi connectivity index (χ0v) is 7.34. The van der Waals surface area contributed by atoms with Crippen LogP contribution in [0.5, 0.6) is 0 Å². The van der Waals surface area contributed by atoms with Gasteiger partial charge in [0.2, 0.25) is 0 Å². The van der Waals surface area contributed by atoms with E-state index in [0.29, 0.717) is 6.42 Å². The predicted octanol–water partition coefficient (Wildman–Crippen LogP) is 1.44. The van der Waals surface area contributed by atoms with E-state index in [0.717, 1.165) is 19.3 Å². The Bertz CT molecular complexity index is 255. The fourth-order valence-corrected chi connectivity index (χ4v) is 2.32. The second-order valence-corrected chi connectivity index (χ2v) is 4.11. The number of carbonyl (C=O) groups is 1. The van der Waals surface area contributed by atoms with E-state index in [1.807, 2.05) is 0 Å². The summed E-state index contributed by atoms with van der Waals surface area (Å²) in [6, 6.07) is 0. The third-order valence-corrected chi connectivity index (χ3v) is 3.38. The number of hydrogen-bond donors (Lipinski definition) is 1. The average molecular weight is 166 g/mol. The molecule has 1 fully saturated rings. The van der Waals surface area contributed by atoms with Crippen molar-refractivity contribution in [2.24, 2.45) is 5.41 Å². The monoisotopic (exact) mass is 166 g/mol. The molecule has 1 N–H and O–H groups in total. The number of hydrogen-bond acceptors (Lipinski definition) is 2. The molecule has 0 spiro atoms. The summed E-state index contributed by atoms with van der Waals surface area (Å²) in [5, 5.41) is 9.72. The van der Waals surface area contributed by atoms with E-state index in [4.69, 9.17) is 0 Å². The Morgan fingerprint density at radius 3 is 3.08 bits per heavy atom. The Labute approximate surface area is 72.3 Å². The van der Waals surface area contributed by atoms with E-state index in [1.54, 1.807) is 6.08 Å². The molecule has 0 aromatic heterocycles. The minimum atomic E-state index is -0.225. The lowest BCUT2D eigenvalue weighted by Crippen LogP contribution is -2.31. The highest BCUT2D eigenvalue weighted by molar-refractivity contribution is 5.91. The van der Waals surface area contributed by atoms with Gasteiger partial charge in [-0.2, -0.15) is 0 Å². The topological polar surface area (TPSA) is 37.3 Å². The van der Waals surface area contributed by atoms with Crippen LogP contribution in [-0.4, -0.2) is 17.0 Å². The molecule has 66 valence electrons. The molecule has 2 aliphatic rings. The molecule has 2 heteroatoms. The van der Waals surface area contributed by atoms with Crippen LogP contribution in [0.3, 0.4) is 0 Å². The second-order valence-electron chi connectivity index (χ2n) is 4.11. The Morgan fingerprint density at radius 2 is 2.33 bits per heavy atom. The molecule has 0 bridgehead atoms. The van der Waals surface area contributed by atoms with Crippen molar-refractivity contribution in [2.45, 2.75) is 38.7 Å². The normalized spacial score (nSPS) is 41.0. The zero-order chi connectivity index (χ0) is 8.77. The van der Waals surface area contributed by atoms with Crippen LogP contribution in [-0.2, 0) is 4.79 Å². The SMILES string of the molecule is CC12CCC(=O)C=C1CC[C@@H]2O. The third kappa shape index (κ3) is 0.944. The van der Waals surface area contributed by atoms with Crippen molar-refractivity contribution in [1.29, 1.82) is 0 Å². The summed E-state index contributed by atoms with van der Waals surface area (Å²) < 4.78 is 0. The van der Waals surface area contributed by atoms with Gasteiger partial charge in [-0.05, 0) is 25.3 Å². The van der Waals surface area contributed by atoms with Crippen LogP contribution in [0.25, 0.3) is 0 Å². The smallest absolute Gasteiger partial charge is 0.155 e. The van der Waals surface area contributed by atoms with E-state index >= 15 is 0 Å². The number of ketones is 1. The van der Waals surface area contributed by atoms with Crippen molar-refractivity contribution >= 4 is 5.78 Å². The summed E-state index contributed by atoms with van der Waals surface area (Å²) in [5.41, 5.74) is 1.10. The summed E-state index contributed by atoms with van der Waals surface area (Å²) in [7, 11) is 0. The predicted molar refractivity (Wildman–Crippen MR) is 45.7 cm³/mol. The first kappa shape index (κ1) is 7.99. The second kappa shape index (κ2) is 2.43. The van der Waals surface area contributed by atoms with Crippen molar-refractivity contribution in [3.05, 3.63) is 11.6 Å². The Balaban J connectivity index is 2.37. The average Bonchev–Trinajstić information content (AvgIpc) is 2.31. The first-order valence-electron chi connectivity index (χ1n) is 4.55. The van der Waals surface area contributed by atoms with Gasteiger partial charge in [-0.15, -0.1) is 0 Å². The molecule has 0 aromatic rings. The van der Waals surface area contributed by atoms with Crippen molar-refractivity contribution in [1.82, 2.24) is 0 Å². The number of fused-ring (bicyclic) bond motifs is 1. The third-order valence-electron chi connectivity index (χ3n) is 3.38. The molecule has 2 nitrogen and oxygen atoms in total. The van der Waals surface area contributed by atoms with E-state index in [1.165, 1.54) is 5.57 Å². The summed E-state index contributed by atoms with van der Waals surface area (Å²) in [6.45, 7) is 2.07. The molecule has 0 aromatic carbocycles. The van der Waals surface area contributed by atoms with Gasteiger partial charge in [-0.25, -0.2) is 0 Å². The molecule has 0 aliphatic heterocycles. The summed E-state index contributed by atoms with van der Waals surface area (Å²) >= 11 is 0. The van der Waals surface area contributed by atoms with Crippen molar-refractivity contribution in [3.8, 4) is 0 Å². The fraction of sp³-hybridized carbons (Fsp3) is 0.700. The van der Waals surface area contributed by atoms with Crippen molar-refractivity contribution < 1.29 is 9.90 Å². The zero-order valence-electron chi connectivity index (χ0n) is 7.34. The lowest BCUT2D eigenvalue weighted by molar-refractivity contribution is -0.116. The first-order valence-corrected chi connectivity index (χ1v) is 4.55. The highest BCUT2D eigenvalue weighted by Crippen LogP contribution is 2.48. The summed E-state index contributed by atoms with van der Waals surface area (Å²) in [6.07, 6.45) is 4.70. The van der Waals surface area contributed by atoms with Gasteiger partial charge >= 0.3 is 0 Å². The first-order chi connectivity index (χ1) is 5.63. The Kier molecular flexibility index (Phi) is 1.62. The lowest BCUT2D eigenvalue weighted by atomic mass is 9.74. The number of carbonyl (C=O) groups excluding carboxylic acids is 1. The maximum atomic E-state index is 11.1. The van der Waals surface area contributed by atoms with Crippen LogP contribution in [0, 0.1) is 5.41 Å². The van der Waals surface area contributed by atoms with Crippen LogP contribution < -0.4 is 0 Å². The van der Waals surface area contributed by atoms with E-state index in [2.05, 4.69) is 6.92 Å². The highest BCUT2D eigenvalue weighted by atomic mass is 16.3. The molecular weight excluding hydrogens is 152 g/mol. The summed E-state index contributed by atoms with van der Waals surface area (Å²) in [5.74, 6) is 0.233. The lowest BCUT2D eigenvalue weighted by Gasteiger charge is -2.32. The van der Waals surface area contributed by atoms with E-state index in [9.17, 15) is 9.90 Å².